The lowest BCUT2D eigenvalue weighted by Crippen LogP contribution is -2.27. The Morgan fingerprint density at radius 3 is 2.30 bits per heavy atom. The number of ether oxygens (including phenoxy) is 1. The van der Waals surface area contributed by atoms with E-state index >= 15 is 0 Å². The zero-order valence-corrected chi connectivity index (χ0v) is 20.3. The molecule has 1 aromatic carbocycles. The van der Waals surface area contributed by atoms with E-state index in [1.807, 2.05) is 27.7 Å². The predicted molar refractivity (Wildman–Crippen MR) is 126 cm³/mol. The van der Waals surface area contributed by atoms with E-state index in [2.05, 4.69) is 0 Å². The summed E-state index contributed by atoms with van der Waals surface area (Å²) in [6.45, 7) is 8.99. The third kappa shape index (κ3) is 4.71. The Morgan fingerprint density at radius 1 is 1.09 bits per heavy atom. The van der Waals surface area contributed by atoms with Crippen molar-refractivity contribution in [2.24, 2.45) is 0 Å². The predicted octanol–water partition coefficient (Wildman–Crippen LogP) is 7.61. The minimum Gasteiger partial charge on any atom is -0.360 e. The zero-order valence-electron chi connectivity index (χ0n) is 19.5. The number of alkyl halides is 3. The SMILES string of the molecule is CC(=O)C(OC(C)(C)C)c1c(C)nc2sc3c(c2c1-c1ccc(C(F)(F)F)cc1)CCCC3. The number of hydrogen-bond donors (Lipinski definition) is 0. The van der Waals surface area contributed by atoms with E-state index in [9.17, 15) is 18.0 Å². The minimum absolute atomic E-state index is 0.161. The summed E-state index contributed by atoms with van der Waals surface area (Å²) in [4.78, 5) is 19.8. The van der Waals surface area contributed by atoms with Crippen molar-refractivity contribution in [3.05, 3.63) is 51.5 Å². The Kier molecular flexibility index (Phi) is 6.16. The molecule has 0 aliphatic heterocycles. The van der Waals surface area contributed by atoms with Gasteiger partial charge in [-0.25, -0.2) is 4.98 Å². The maximum atomic E-state index is 13.2. The van der Waals surface area contributed by atoms with Crippen LogP contribution in [-0.4, -0.2) is 16.4 Å². The number of benzene rings is 1. The molecule has 2 aromatic heterocycles. The van der Waals surface area contributed by atoms with Gasteiger partial charge in [-0.05, 0) is 83.6 Å². The number of Topliss-reactive ketones (excluding diaryl/α,β-unsaturated/α-hetero) is 1. The van der Waals surface area contributed by atoms with Gasteiger partial charge in [-0.15, -0.1) is 11.3 Å². The molecule has 2 heterocycles. The van der Waals surface area contributed by atoms with Crippen molar-refractivity contribution < 1.29 is 22.7 Å². The second kappa shape index (κ2) is 8.51. The lowest BCUT2D eigenvalue weighted by molar-refractivity contribution is -0.139. The fourth-order valence-corrected chi connectivity index (χ4v) is 5.88. The number of ketones is 1. The highest BCUT2D eigenvalue weighted by Gasteiger charge is 2.33. The second-order valence-electron chi connectivity index (χ2n) is 9.67. The molecule has 1 aliphatic carbocycles. The van der Waals surface area contributed by atoms with Crippen molar-refractivity contribution >= 4 is 27.3 Å². The van der Waals surface area contributed by atoms with Gasteiger partial charge >= 0.3 is 6.18 Å². The van der Waals surface area contributed by atoms with E-state index in [1.165, 1.54) is 29.5 Å². The molecule has 0 saturated carbocycles. The molecule has 7 heteroatoms. The van der Waals surface area contributed by atoms with Gasteiger partial charge in [-0.2, -0.15) is 13.2 Å². The summed E-state index contributed by atoms with van der Waals surface area (Å²) in [5.74, 6) is -0.161. The first-order valence-electron chi connectivity index (χ1n) is 11.2. The molecule has 3 aromatic rings. The van der Waals surface area contributed by atoms with E-state index in [1.54, 1.807) is 11.3 Å². The minimum atomic E-state index is -4.41. The second-order valence-corrected chi connectivity index (χ2v) is 10.8. The number of aromatic nitrogens is 1. The summed E-state index contributed by atoms with van der Waals surface area (Å²) in [6, 6.07) is 5.21. The number of fused-ring (bicyclic) bond motifs is 3. The largest absolute Gasteiger partial charge is 0.416 e. The van der Waals surface area contributed by atoms with E-state index in [4.69, 9.17) is 9.72 Å². The quantitative estimate of drug-likeness (QED) is 0.390. The highest BCUT2D eigenvalue weighted by Crippen LogP contribution is 2.46. The van der Waals surface area contributed by atoms with Crippen LogP contribution in [0.5, 0.6) is 0 Å². The van der Waals surface area contributed by atoms with Gasteiger partial charge in [0.1, 0.15) is 10.9 Å². The number of carbonyl (C=O) groups is 1. The third-order valence-corrected chi connectivity index (χ3v) is 7.12. The van der Waals surface area contributed by atoms with Crippen LogP contribution in [0.15, 0.2) is 24.3 Å². The van der Waals surface area contributed by atoms with Crippen LogP contribution in [0.1, 0.15) is 73.9 Å². The zero-order chi connectivity index (χ0) is 24.1. The van der Waals surface area contributed by atoms with Crippen LogP contribution in [0.4, 0.5) is 13.2 Å². The first-order valence-corrected chi connectivity index (χ1v) is 12.0. The standard InChI is InChI=1S/C26H28F3NO2S/c1-14-20(23(15(2)31)32-25(3,4)5)21(16-10-12-17(13-11-16)26(27,28)29)22-18-8-6-7-9-19(18)33-24(22)30-14/h10-13,23H,6-9H2,1-5H3. The summed E-state index contributed by atoms with van der Waals surface area (Å²) < 4.78 is 45.9. The highest BCUT2D eigenvalue weighted by atomic mass is 32.1. The monoisotopic (exact) mass is 475 g/mol. The van der Waals surface area contributed by atoms with E-state index in [0.717, 1.165) is 53.6 Å². The Morgan fingerprint density at radius 2 is 1.73 bits per heavy atom. The van der Waals surface area contributed by atoms with Crippen molar-refractivity contribution in [1.29, 1.82) is 0 Å². The summed E-state index contributed by atoms with van der Waals surface area (Å²) >= 11 is 1.66. The van der Waals surface area contributed by atoms with Crippen molar-refractivity contribution in [3.63, 3.8) is 0 Å². The molecule has 0 saturated heterocycles. The average Bonchev–Trinajstić information content (AvgIpc) is 3.07. The van der Waals surface area contributed by atoms with Crippen LogP contribution in [0.3, 0.4) is 0 Å². The summed E-state index contributed by atoms with van der Waals surface area (Å²) in [5.41, 5.74) is 2.65. The van der Waals surface area contributed by atoms with Crippen LogP contribution in [0.25, 0.3) is 21.3 Å². The highest BCUT2D eigenvalue weighted by molar-refractivity contribution is 7.19. The maximum Gasteiger partial charge on any atom is 0.416 e. The Bertz CT molecular complexity index is 1200. The topological polar surface area (TPSA) is 39.2 Å². The molecule has 3 nitrogen and oxygen atoms in total. The number of thiophene rings is 1. The Hall–Kier alpha value is -2.25. The summed E-state index contributed by atoms with van der Waals surface area (Å²) in [7, 11) is 0. The summed E-state index contributed by atoms with van der Waals surface area (Å²) in [5, 5.41) is 0.957. The van der Waals surface area contributed by atoms with Crippen LogP contribution < -0.4 is 0 Å². The van der Waals surface area contributed by atoms with E-state index in [-0.39, 0.29) is 5.78 Å². The number of halogens is 3. The Labute approximate surface area is 196 Å². The molecule has 1 atom stereocenters. The molecule has 33 heavy (non-hydrogen) atoms. The smallest absolute Gasteiger partial charge is 0.360 e. The van der Waals surface area contributed by atoms with Gasteiger partial charge in [0, 0.05) is 27.1 Å². The number of rotatable bonds is 4. The lowest BCUT2D eigenvalue weighted by Gasteiger charge is -2.29. The molecule has 0 N–H and O–H groups in total. The number of aryl methyl sites for hydroxylation is 3. The van der Waals surface area contributed by atoms with Gasteiger partial charge in [0.2, 0.25) is 0 Å². The van der Waals surface area contributed by atoms with Crippen molar-refractivity contribution in [2.45, 2.75) is 78.2 Å². The van der Waals surface area contributed by atoms with Crippen LogP contribution in [0.2, 0.25) is 0 Å². The van der Waals surface area contributed by atoms with Gasteiger partial charge in [-0.1, -0.05) is 12.1 Å². The first-order chi connectivity index (χ1) is 15.4. The van der Waals surface area contributed by atoms with Crippen molar-refractivity contribution in [2.75, 3.05) is 0 Å². The molecule has 1 aliphatic rings. The maximum absolute atomic E-state index is 13.2. The molecule has 0 bridgehead atoms. The molecule has 0 fully saturated rings. The molecule has 0 amide bonds. The number of nitrogens with zero attached hydrogens (tertiary/aromatic N) is 1. The molecular formula is C26H28F3NO2S. The van der Waals surface area contributed by atoms with Crippen molar-refractivity contribution in [1.82, 2.24) is 4.98 Å². The molecule has 4 rings (SSSR count). The van der Waals surface area contributed by atoms with Gasteiger partial charge in [0.05, 0.1) is 11.2 Å². The van der Waals surface area contributed by atoms with Crippen molar-refractivity contribution in [3.8, 4) is 11.1 Å². The normalized spacial score (nSPS) is 15.5. The third-order valence-electron chi connectivity index (χ3n) is 5.93. The number of pyridine rings is 1. The first kappa shape index (κ1) is 23.9. The van der Waals surface area contributed by atoms with Gasteiger partial charge in [-0.3, -0.25) is 4.79 Å². The Balaban J connectivity index is 2.05. The van der Waals surface area contributed by atoms with Gasteiger partial charge in [0.25, 0.3) is 0 Å². The van der Waals surface area contributed by atoms with Gasteiger partial charge < -0.3 is 4.74 Å². The van der Waals surface area contributed by atoms with E-state index < -0.39 is 23.4 Å². The lowest BCUT2D eigenvalue weighted by atomic mass is 9.87. The number of hydrogen-bond acceptors (Lipinski definition) is 4. The molecule has 176 valence electrons. The molecule has 1 unspecified atom stereocenters. The fourth-order valence-electron chi connectivity index (χ4n) is 4.56. The van der Waals surface area contributed by atoms with Crippen LogP contribution >= 0.6 is 11.3 Å². The molecule has 0 spiro atoms. The summed E-state index contributed by atoms with van der Waals surface area (Å²) in [6.07, 6.45) is -1.22. The number of carbonyl (C=O) groups excluding carboxylic acids is 1. The van der Waals surface area contributed by atoms with Crippen LogP contribution in [0, 0.1) is 6.92 Å². The molecular weight excluding hydrogens is 447 g/mol. The van der Waals surface area contributed by atoms with E-state index in [0.29, 0.717) is 16.8 Å². The fraction of sp³-hybridized carbons (Fsp3) is 0.462. The van der Waals surface area contributed by atoms with Crippen LogP contribution in [-0.2, 0) is 28.5 Å². The van der Waals surface area contributed by atoms with Gasteiger partial charge in [0.15, 0.2) is 5.78 Å². The average molecular weight is 476 g/mol. The molecule has 0 radical (unpaired) electrons.